The molecule has 1 aromatic carbocycles. The van der Waals surface area contributed by atoms with E-state index in [1.807, 2.05) is 5.32 Å². The summed E-state index contributed by atoms with van der Waals surface area (Å²) in [6.07, 6.45) is -4.58. The second-order valence-corrected chi connectivity index (χ2v) is 8.28. The van der Waals surface area contributed by atoms with Gasteiger partial charge in [0.15, 0.2) is 0 Å². The Bertz CT molecular complexity index is 827. The van der Waals surface area contributed by atoms with Gasteiger partial charge in [0.05, 0.1) is 29.3 Å². The summed E-state index contributed by atoms with van der Waals surface area (Å²) in [5, 5.41) is 12.3. The molecule has 2 fully saturated rings. The Hall–Kier alpha value is -1.75. The molecule has 172 valence electrons. The van der Waals surface area contributed by atoms with Crippen molar-refractivity contribution in [2.75, 3.05) is 32.9 Å². The molecule has 0 saturated carbocycles. The molecule has 2 amide bonds. The maximum absolute atomic E-state index is 12.9. The molecule has 2 aliphatic heterocycles. The maximum Gasteiger partial charge on any atom is 0.471 e. The maximum atomic E-state index is 12.9. The molecule has 12 heteroatoms. The van der Waals surface area contributed by atoms with Gasteiger partial charge in [-0.15, -0.1) is 0 Å². The minimum absolute atomic E-state index is 0.0288. The van der Waals surface area contributed by atoms with Crippen LogP contribution in [-0.2, 0) is 19.1 Å². The quantitative estimate of drug-likeness (QED) is 0.647. The lowest BCUT2D eigenvalue weighted by Crippen LogP contribution is -2.47. The zero-order valence-corrected chi connectivity index (χ0v) is 17.8. The van der Waals surface area contributed by atoms with Crippen molar-refractivity contribution < 1.29 is 37.3 Å². The minimum atomic E-state index is -5.09. The van der Waals surface area contributed by atoms with Crippen LogP contribution in [-0.4, -0.2) is 67.0 Å². The first-order chi connectivity index (χ1) is 14.6. The van der Waals surface area contributed by atoms with E-state index >= 15 is 0 Å². The molecule has 0 radical (unpaired) electrons. The summed E-state index contributed by atoms with van der Waals surface area (Å²) in [7, 11) is 0. The summed E-state index contributed by atoms with van der Waals surface area (Å²) >= 11 is 11.8. The summed E-state index contributed by atoms with van der Waals surface area (Å²) in [5.41, 5.74) is 0.0325. The Morgan fingerprint density at radius 2 is 1.84 bits per heavy atom. The molecule has 2 saturated heterocycles. The Labute approximate surface area is 186 Å². The number of benzene rings is 1. The van der Waals surface area contributed by atoms with Gasteiger partial charge >= 0.3 is 12.1 Å². The fraction of sp³-hybridized carbons (Fsp3) is 0.579. The molecular formula is C19H21Cl2F3N2O5. The number of nitrogens with one attached hydrogen (secondary N) is 1. The molecule has 2 heterocycles. The third kappa shape index (κ3) is 5.94. The highest BCUT2D eigenvalue weighted by Crippen LogP contribution is 2.39. The van der Waals surface area contributed by atoms with E-state index in [-0.39, 0.29) is 53.1 Å². The van der Waals surface area contributed by atoms with Gasteiger partial charge in [0, 0.05) is 24.7 Å². The SMILES string of the molecule is O=C(COC1COC1)N1CCC([C@@H](NC(=O)C(F)(F)F)c2cc(Cl)c(Cl)cc2O)CC1. The van der Waals surface area contributed by atoms with E-state index in [9.17, 15) is 27.9 Å². The van der Waals surface area contributed by atoms with Gasteiger partial charge in [-0.1, -0.05) is 23.2 Å². The molecule has 0 unspecified atom stereocenters. The molecule has 1 atom stereocenters. The Morgan fingerprint density at radius 3 is 2.39 bits per heavy atom. The number of rotatable bonds is 6. The fourth-order valence-corrected chi connectivity index (χ4v) is 3.88. The monoisotopic (exact) mass is 484 g/mol. The topological polar surface area (TPSA) is 88.1 Å². The summed E-state index contributed by atoms with van der Waals surface area (Å²) in [5.74, 6) is -3.20. The number of phenols is 1. The number of halogens is 5. The predicted molar refractivity (Wildman–Crippen MR) is 105 cm³/mol. The van der Waals surface area contributed by atoms with Crippen LogP contribution in [0.15, 0.2) is 12.1 Å². The second kappa shape index (κ2) is 9.81. The predicted octanol–water partition coefficient (Wildman–Crippen LogP) is 3.07. The largest absolute Gasteiger partial charge is 0.508 e. The molecule has 7 nitrogen and oxygen atoms in total. The number of aromatic hydroxyl groups is 1. The number of phenolic OH excluding ortho intramolecular Hbond substituents is 1. The molecule has 2 aliphatic rings. The first-order valence-electron chi connectivity index (χ1n) is 9.59. The summed E-state index contributed by atoms with van der Waals surface area (Å²) < 4.78 is 49.1. The average Bonchev–Trinajstić information content (AvgIpc) is 2.67. The van der Waals surface area contributed by atoms with Crippen LogP contribution in [0.3, 0.4) is 0 Å². The van der Waals surface area contributed by atoms with E-state index in [0.29, 0.717) is 26.1 Å². The molecular weight excluding hydrogens is 464 g/mol. The van der Waals surface area contributed by atoms with Crippen molar-refractivity contribution >= 4 is 35.0 Å². The lowest BCUT2D eigenvalue weighted by atomic mass is 9.84. The number of likely N-dealkylation sites (tertiary alicyclic amines) is 1. The number of carbonyl (C=O) groups is 2. The summed E-state index contributed by atoms with van der Waals surface area (Å²) in [6, 6.07) is 1.20. The Balaban J connectivity index is 1.70. The lowest BCUT2D eigenvalue weighted by Gasteiger charge is -2.37. The molecule has 3 rings (SSSR count). The van der Waals surface area contributed by atoms with Gasteiger partial charge in [0.2, 0.25) is 5.91 Å². The van der Waals surface area contributed by atoms with Gasteiger partial charge in [-0.2, -0.15) is 13.2 Å². The number of hydrogen-bond donors (Lipinski definition) is 2. The van der Waals surface area contributed by atoms with Crippen LogP contribution in [0.5, 0.6) is 5.75 Å². The Kier molecular flexibility index (Phi) is 7.56. The van der Waals surface area contributed by atoms with E-state index in [4.69, 9.17) is 32.7 Å². The second-order valence-electron chi connectivity index (χ2n) is 7.46. The number of amides is 2. The third-order valence-electron chi connectivity index (χ3n) is 5.36. The average molecular weight is 485 g/mol. The van der Waals surface area contributed by atoms with Gasteiger partial charge in [0.25, 0.3) is 0 Å². The number of nitrogens with zero attached hydrogens (tertiary/aromatic N) is 1. The smallest absolute Gasteiger partial charge is 0.471 e. The zero-order chi connectivity index (χ0) is 22.8. The van der Waals surface area contributed by atoms with Crippen molar-refractivity contribution in [3.05, 3.63) is 27.7 Å². The van der Waals surface area contributed by atoms with Crippen LogP contribution in [0, 0.1) is 5.92 Å². The molecule has 2 N–H and O–H groups in total. The van der Waals surface area contributed by atoms with Crippen molar-refractivity contribution in [3.63, 3.8) is 0 Å². The van der Waals surface area contributed by atoms with E-state index in [1.54, 1.807) is 4.90 Å². The highest BCUT2D eigenvalue weighted by atomic mass is 35.5. The third-order valence-corrected chi connectivity index (χ3v) is 6.08. The van der Waals surface area contributed by atoms with Crippen molar-refractivity contribution in [1.82, 2.24) is 10.2 Å². The summed E-state index contributed by atoms with van der Waals surface area (Å²) in [4.78, 5) is 25.5. The van der Waals surface area contributed by atoms with Crippen molar-refractivity contribution in [2.24, 2.45) is 5.92 Å². The standard InChI is InChI=1S/C19H21Cl2F3N2O5/c20-13-5-12(15(27)6-14(13)21)17(25-18(29)19(22,23)24)10-1-3-26(4-2-10)16(28)9-31-11-7-30-8-11/h5-6,10-11,17,27H,1-4,7-9H2,(H,25,29)/t17-/m1/s1. The lowest BCUT2D eigenvalue weighted by molar-refractivity contribution is -0.175. The van der Waals surface area contributed by atoms with Crippen LogP contribution in [0.1, 0.15) is 24.4 Å². The van der Waals surface area contributed by atoms with Gasteiger partial charge < -0.3 is 24.8 Å². The van der Waals surface area contributed by atoms with Crippen molar-refractivity contribution in [2.45, 2.75) is 31.2 Å². The zero-order valence-electron chi connectivity index (χ0n) is 16.3. The van der Waals surface area contributed by atoms with Gasteiger partial charge in [-0.05, 0) is 24.8 Å². The first-order valence-corrected chi connectivity index (χ1v) is 10.3. The number of ether oxygens (including phenoxy) is 2. The van der Waals surface area contributed by atoms with E-state index in [2.05, 4.69) is 0 Å². The molecule has 0 aromatic heterocycles. The number of hydrogen-bond acceptors (Lipinski definition) is 5. The van der Waals surface area contributed by atoms with E-state index in [1.165, 1.54) is 6.07 Å². The van der Waals surface area contributed by atoms with E-state index in [0.717, 1.165) is 6.07 Å². The van der Waals surface area contributed by atoms with Gasteiger partial charge in [-0.3, -0.25) is 9.59 Å². The summed E-state index contributed by atoms with van der Waals surface area (Å²) in [6.45, 7) is 1.34. The van der Waals surface area contributed by atoms with Crippen LogP contribution < -0.4 is 5.32 Å². The number of alkyl halides is 3. The van der Waals surface area contributed by atoms with Crippen LogP contribution in [0.4, 0.5) is 13.2 Å². The van der Waals surface area contributed by atoms with E-state index < -0.39 is 24.0 Å². The van der Waals surface area contributed by atoms with Crippen LogP contribution in [0.25, 0.3) is 0 Å². The van der Waals surface area contributed by atoms with Crippen molar-refractivity contribution in [3.8, 4) is 5.75 Å². The normalized spacial score (nSPS) is 19.1. The van der Waals surface area contributed by atoms with Crippen LogP contribution in [0.2, 0.25) is 10.0 Å². The van der Waals surface area contributed by atoms with Crippen LogP contribution >= 0.6 is 23.2 Å². The van der Waals surface area contributed by atoms with Gasteiger partial charge in [0.1, 0.15) is 18.5 Å². The fourth-order valence-electron chi connectivity index (χ4n) is 3.55. The number of carbonyl (C=O) groups excluding carboxylic acids is 2. The van der Waals surface area contributed by atoms with Crippen molar-refractivity contribution in [1.29, 1.82) is 0 Å². The highest BCUT2D eigenvalue weighted by molar-refractivity contribution is 6.42. The highest BCUT2D eigenvalue weighted by Gasteiger charge is 2.42. The van der Waals surface area contributed by atoms with Gasteiger partial charge in [-0.25, -0.2) is 0 Å². The minimum Gasteiger partial charge on any atom is -0.508 e. The molecule has 1 aromatic rings. The molecule has 0 spiro atoms. The molecule has 0 bridgehead atoms. The number of piperidine rings is 1. The first kappa shape index (κ1) is 23.9. The Morgan fingerprint density at radius 1 is 1.23 bits per heavy atom. The molecule has 0 aliphatic carbocycles. The molecule has 31 heavy (non-hydrogen) atoms.